The molecule has 1 fully saturated rings. The van der Waals surface area contributed by atoms with E-state index in [9.17, 15) is 0 Å². The molecule has 0 aromatic rings. The minimum Gasteiger partial charge on any atom is -0.378 e. The highest BCUT2D eigenvalue weighted by atomic mass is 16.5. The van der Waals surface area contributed by atoms with Gasteiger partial charge in [-0.25, -0.2) is 0 Å². The number of nitrogens with one attached hydrogen (secondary N) is 1. The molecule has 2 atom stereocenters. The molecule has 0 bridgehead atoms. The summed E-state index contributed by atoms with van der Waals surface area (Å²) in [4.78, 5) is 2.47. The van der Waals surface area contributed by atoms with E-state index < -0.39 is 0 Å². The van der Waals surface area contributed by atoms with Crippen LogP contribution in [0.1, 0.15) is 27.7 Å². The number of hydrogen-bond donors (Lipinski definition) is 1. The van der Waals surface area contributed by atoms with E-state index in [0.29, 0.717) is 24.2 Å². The summed E-state index contributed by atoms with van der Waals surface area (Å²) < 4.78 is 5.50. The molecule has 0 aliphatic carbocycles. The van der Waals surface area contributed by atoms with Gasteiger partial charge in [0.05, 0.1) is 6.10 Å². The van der Waals surface area contributed by atoms with Crippen LogP contribution in [0.15, 0.2) is 0 Å². The van der Waals surface area contributed by atoms with Gasteiger partial charge in [-0.3, -0.25) is 4.90 Å². The van der Waals surface area contributed by atoms with Gasteiger partial charge in [-0.1, -0.05) is 13.8 Å². The summed E-state index contributed by atoms with van der Waals surface area (Å²) in [5.74, 6) is 0. The van der Waals surface area contributed by atoms with Crippen LogP contribution in [0.5, 0.6) is 0 Å². The Morgan fingerprint density at radius 1 is 1.21 bits per heavy atom. The second kappa shape index (κ2) is 5.10. The molecule has 3 nitrogen and oxygen atoms in total. The van der Waals surface area contributed by atoms with E-state index >= 15 is 0 Å². The van der Waals surface area contributed by atoms with Gasteiger partial charge in [0.1, 0.15) is 0 Å². The van der Waals surface area contributed by atoms with Crippen molar-refractivity contribution < 1.29 is 4.74 Å². The number of likely N-dealkylation sites (tertiary alicyclic amines) is 1. The van der Waals surface area contributed by atoms with Crippen molar-refractivity contribution in [2.75, 3.05) is 20.2 Å². The molecule has 3 heteroatoms. The Balaban J connectivity index is 2.49. The number of hydrogen-bond acceptors (Lipinski definition) is 3. The Labute approximate surface area is 87.8 Å². The fourth-order valence-electron chi connectivity index (χ4n) is 2.05. The maximum absolute atomic E-state index is 5.50. The smallest absolute Gasteiger partial charge is 0.0863 e. The standard InChI is InChI=1S/C11H24N2O/c1-8(2)12-10-6-13(9(3)4)7-11(10)14-5/h8-12H,6-7H2,1-5H3. The van der Waals surface area contributed by atoms with E-state index in [-0.39, 0.29) is 0 Å². The molecule has 0 spiro atoms. The van der Waals surface area contributed by atoms with E-state index in [4.69, 9.17) is 4.74 Å². The van der Waals surface area contributed by atoms with Gasteiger partial charge in [0.2, 0.25) is 0 Å². The third-order valence-corrected chi connectivity index (χ3v) is 2.87. The van der Waals surface area contributed by atoms with E-state index in [1.807, 2.05) is 7.11 Å². The lowest BCUT2D eigenvalue weighted by atomic mass is 10.2. The summed E-state index contributed by atoms with van der Waals surface area (Å²) in [5, 5.41) is 3.56. The lowest BCUT2D eigenvalue weighted by Crippen LogP contribution is -2.43. The topological polar surface area (TPSA) is 24.5 Å². The van der Waals surface area contributed by atoms with E-state index in [2.05, 4.69) is 37.9 Å². The molecule has 84 valence electrons. The van der Waals surface area contributed by atoms with Gasteiger partial charge < -0.3 is 10.1 Å². The Bertz CT molecular complexity index is 171. The van der Waals surface area contributed by atoms with Gasteiger partial charge in [-0.15, -0.1) is 0 Å². The normalized spacial score (nSPS) is 29.4. The quantitative estimate of drug-likeness (QED) is 0.735. The number of nitrogens with zero attached hydrogens (tertiary/aromatic N) is 1. The first kappa shape index (κ1) is 12.0. The molecule has 0 amide bonds. The molecule has 1 saturated heterocycles. The molecule has 1 N–H and O–H groups in total. The first-order valence-corrected chi connectivity index (χ1v) is 5.57. The molecule has 2 unspecified atom stereocenters. The SMILES string of the molecule is COC1CN(C(C)C)CC1NC(C)C. The van der Waals surface area contributed by atoms with Crippen LogP contribution < -0.4 is 5.32 Å². The van der Waals surface area contributed by atoms with Crippen LogP contribution in [0.2, 0.25) is 0 Å². The Hall–Kier alpha value is -0.120. The van der Waals surface area contributed by atoms with Crippen LogP contribution in [0.3, 0.4) is 0 Å². The van der Waals surface area contributed by atoms with Gasteiger partial charge in [-0.2, -0.15) is 0 Å². The summed E-state index contributed by atoms with van der Waals surface area (Å²) in [6.45, 7) is 11.0. The third kappa shape index (κ3) is 2.94. The van der Waals surface area contributed by atoms with Crippen LogP contribution in [0.25, 0.3) is 0 Å². The molecule has 1 rings (SSSR count). The Morgan fingerprint density at radius 3 is 2.29 bits per heavy atom. The summed E-state index contributed by atoms with van der Waals surface area (Å²) in [7, 11) is 1.81. The van der Waals surface area contributed by atoms with E-state index in [1.165, 1.54) is 0 Å². The molecular formula is C11H24N2O. The lowest BCUT2D eigenvalue weighted by molar-refractivity contribution is 0.0855. The first-order valence-electron chi connectivity index (χ1n) is 5.57. The lowest BCUT2D eigenvalue weighted by Gasteiger charge is -2.21. The highest BCUT2D eigenvalue weighted by molar-refractivity contribution is 4.91. The van der Waals surface area contributed by atoms with Crippen molar-refractivity contribution in [1.82, 2.24) is 10.2 Å². The number of rotatable bonds is 4. The Kier molecular flexibility index (Phi) is 4.35. The minimum atomic E-state index is 0.347. The van der Waals surface area contributed by atoms with E-state index in [0.717, 1.165) is 13.1 Å². The maximum atomic E-state index is 5.50. The van der Waals surface area contributed by atoms with Crippen molar-refractivity contribution in [2.45, 2.75) is 51.9 Å². The summed E-state index contributed by atoms with van der Waals surface area (Å²) >= 11 is 0. The zero-order valence-corrected chi connectivity index (χ0v) is 10.1. The first-order chi connectivity index (χ1) is 6.54. The maximum Gasteiger partial charge on any atom is 0.0863 e. The van der Waals surface area contributed by atoms with Gasteiger partial charge in [0.25, 0.3) is 0 Å². The predicted octanol–water partition coefficient (Wildman–Crippen LogP) is 1.09. The van der Waals surface area contributed by atoms with Crippen molar-refractivity contribution in [3.63, 3.8) is 0 Å². The fourth-order valence-corrected chi connectivity index (χ4v) is 2.05. The number of ether oxygens (including phenoxy) is 1. The van der Waals surface area contributed by atoms with Crippen molar-refractivity contribution in [2.24, 2.45) is 0 Å². The van der Waals surface area contributed by atoms with Crippen LogP contribution in [-0.2, 0) is 4.74 Å². The van der Waals surface area contributed by atoms with Crippen LogP contribution in [0.4, 0.5) is 0 Å². The largest absolute Gasteiger partial charge is 0.378 e. The zero-order chi connectivity index (χ0) is 10.7. The predicted molar refractivity (Wildman–Crippen MR) is 59.6 cm³/mol. The molecule has 1 heterocycles. The van der Waals surface area contributed by atoms with Crippen LogP contribution in [0, 0.1) is 0 Å². The summed E-state index contributed by atoms with van der Waals surface area (Å²) in [6.07, 6.45) is 0.347. The zero-order valence-electron chi connectivity index (χ0n) is 10.1. The van der Waals surface area contributed by atoms with Gasteiger partial charge in [0.15, 0.2) is 0 Å². The monoisotopic (exact) mass is 200 g/mol. The molecule has 0 saturated carbocycles. The summed E-state index contributed by atoms with van der Waals surface area (Å²) in [6, 6.07) is 1.64. The molecule has 0 aromatic carbocycles. The van der Waals surface area contributed by atoms with Crippen molar-refractivity contribution >= 4 is 0 Å². The van der Waals surface area contributed by atoms with E-state index in [1.54, 1.807) is 0 Å². The fraction of sp³-hybridized carbons (Fsp3) is 1.00. The van der Waals surface area contributed by atoms with Crippen molar-refractivity contribution in [3.05, 3.63) is 0 Å². The molecule has 14 heavy (non-hydrogen) atoms. The van der Waals surface area contributed by atoms with Gasteiger partial charge in [0, 0.05) is 38.3 Å². The molecule has 1 aliphatic heterocycles. The molecular weight excluding hydrogens is 176 g/mol. The highest BCUT2D eigenvalue weighted by Gasteiger charge is 2.33. The average molecular weight is 200 g/mol. The minimum absolute atomic E-state index is 0.347. The van der Waals surface area contributed by atoms with Crippen molar-refractivity contribution in [3.8, 4) is 0 Å². The van der Waals surface area contributed by atoms with Crippen LogP contribution in [-0.4, -0.2) is 49.3 Å². The van der Waals surface area contributed by atoms with Gasteiger partial charge >= 0.3 is 0 Å². The van der Waals surface area contributed by atoms with Crippen molar-refractivity contribution in [1.29, 1.82) is 0 Å². The number of methoxy groups -OCH3 is 1. The second-order valence-corrected chi connectivity index (χ2v) is 4.75. The third-order valence-electron chi connectivity index (χ3n) is 2.87. The second-order valence-electron chi connectivity index (χ2n) is 4.75. The molecule has 0 aromatic heterocycles. The highest BCUT2D eigenvalue weighted by Crippen LogP contribution is 2.16. The molecule has 1 aliphatic rings. The average Bonchev–Trinajstić information content (AvgIpc) is 2.46. The summed E-state index contributed by atoms with van der Waals surface area (Å²) in [5.41, 5.74) is 0. The van der Waals surface area contributed by atoms with Gasteiger partial charge in [-0.05, 0) is 13.8 Å². The Morgan fingerprint density at radius 2 is 1.86 bits per heavy atom. The van der Waals surface area contributed by atoms with Crippen LogP contribution >= 0.6 is 0 Å². The molecule has 0 radical (unpaired) electrons.